The Bertz CT molecular complexity index is 1430. The van der Waals surface area contributed by atoms with Crippen LogP contribution in [0.5, 0.6) is 0 Å². The Hall–Kier alpha value is -2.68. The maximum absolute atomic E-state index is 14.1. The summed E-state index contributed by atoms with van der Waals surface area (Å²) >= 11 is 1.65. The lowest BCUT2D eigenvalue weighted by atomic mass is 9.85. The zero-order valence-electron chi connectivity index (χ0n) is 21.9. The zero-order chi connectivity index (χ0) is 26.4. The van der Waals surface area contributed by atoms with E-state index in [1.54, 1.807) is 27.8 Å². The van der Waals surface area contributed by atoms with Crippen LogP contribution in [-0.4, -0.2) is 38.5 Å². The second-order valence-corrected chi connectivity index (χ2v) is 13.6. The van der Waals surface area contributed by atoms with Crippen molar-refractivity contribution in [3.63, 3.8) is 0 Å². The Balaban J connectivity index is 1.48. The number of fused-ring (bicyclic) bond motifs is 5. The fourth-order valence-corrected chi connectivity index (χ4v) is 9.66. The number of benzene rings is 2. The number of anilines is 1. The van der Waals surface area contributed by atoms with E-state index in [1.165, 1.54) is 10.4 Å². The van der Waals surface area contributed by atoms with E-state index < -0.39 is 16.1 Å². The van der Waals surface area contributed by atoms with Gasteiger partial charge >= 0.3 is 5.97 Å². The molecule has 6 rings (SSSR count). The van der Waals surface area contributed by atoms with Gasteiger partial charge in [-0.25, -0.2) is 8.42 Å². The molecule has 0 bridgehead atoms. The number of sulfonamides is 1. The molecule has 38 heavy (non-hydrogen) atoms. The molecular formula is C30H34N2O4S2. The van der Waals surface area contributed by atoms with Gasteiger partial charge in [-0.3, -0.25) is 14.0 Å². The van der Waals surface area contributed by atoms with Crippen molar-refractivity contribution >= 4 is 32.3 Å². The van der Waals surface area contributed by atoms with Crippen LogP contribution in [0.3, 0.4) is 0 Å². The molecule has 2 aliphatic heterocycles. The summed E-state index contributed by atoms with van der Waals surface area (Å²) in [6.45, 7) is 5.12. The van der Waals surface area contributed by atoms with E-state index in [0.717, 1.165) is 47.4 Å². The molecule has 200 valence electrons. The number of rotatable bonds is 6. The summed E-state index contributed by atoms with van der Waals surface area (Å²) in [6.07, 6.45) is 4.78. The standard InChI is InChI=1S/C30H34N2O4S2/c1-3-36-30(33)25-17-22-19-32(38(34,35)23-15-13-20(2)14-16-23)29-27(24-11-7-8-12-26(24)37-29)28(22)31(25)18-21-9-5-4-6-10-21/h4-6,9-10,13-16,22,25,28H,3,7-8,11-12,17-19H2,1-2H3/t22-,25-,28-/m0/s1. The predicted octanol–water partition coefficient (Wildman–Crippen LogP) is 5.64. The van der Waals surface area contributed by atoms with Gasteiger partial charge in [-0.05, 0) is 75.1 Å². The van der Waals surface area contributed by atoms with Gasteiger partial charge in [-0.15, -0.1) is 11.3 Å². The van der Waals surface area contributed by atoms with Crippen LogP contribution in [0.15, 0.2) is 59.5 Å². The van der Waals surface area contributed by atoms with E-state index in [2.05, 4.69) is 17.0 Å². The average molecular weight is 551 g/mol. The van der Waals surface area contributed by atoms with Crippen molar-refractivity contribution in [3.05, 3.63) is 81.7 Å². The maximum atomic E-state index is 14.1. The third kappa shape index (κ3) is 4.36. The smallest absolute Gasteiger partial charge is 0.323 e. The Kier molecular flexibility index (Phi) is 6.82. The Morgan fingerprint density at radius 1 is 1.05 bits per heavy atom. The molecule has 1 aliphatic carbocycles. The summed E-state index contributed by atoms with van der Waals surface area (Å²) in [4.78, 5) is 17.2. The molecule has 0 saturated carbocycles. The fourth-order valence-electron chi connectivity index (χ4n) is 6.47. The number of carbonyl (C=O) groups excluding carboxylic acids is 1. The van der Waals surface area contributed by atoms with Crippen molar-refractivity contribution in [2.24, 2.45) is 5.92 Å². The van der Waals surface area contributed by atoms with Crippen LogP contribution < -0.4 is 4.31 Å². The number of hydrogen-bond acceptors (Lipinski definition) is 6. The third-order valence-electron chi connectivity index (χ3n) is 8.22. The highest BCUT2D eigenvalue weighted by molar-refractivity contribution is 7.93. The van der Waals surface area contributed by atoms with E-state index in [0.29, 0.717) is 31.0 Å². The number of esters is 1. The van der Waals surface area contributed by atoms with Crippen molar-refractivity contribution in [3.8, 4) is 0 Å². The Labute approximate surface area is 229 Å². The second kappa shape index (κ2) is 10.1. The first-order chi connectivity index (χ1) is 18.4. The predicted molar refractivity (Wildman–Crippen MR) is 150 cm³/mol. The molecule has 2 aromatic carbocycles. The van der Waals surface area contributed by atoms with Crippen molar-refractivity contribution < 1.29 is 17.9 Å². The molecule has 3 aromatic rings. The van der Waals surface area contributed by atoms with Crippen molar-refractivity contribution in [1.82, 2.24) is 4.90 Å². The van der Waals surface area contributed by atoms with Crippen LogP contribution in [0.2, 0.25) is 0 Å². The quantitative estimate of drug-likeness (QED) is 0.372. The molecule has 0 N–H and O–H groups in total. The summed E-state index contributed by atoms with van der Waals surface area (Å²) in [5.41, 5.74) is 4.62. The number of thiophene rings is 1. The highest BCUT2D eigenvalue weighted by atomic mass is 32.2. The number of hydrogen-bond donors (Lipinski definition) is 0. The van der Waals surface area contributed by atoms with Crippen LogP contribution >= 0.6 is 11.3 Å². The van der Waals surface area contributed by atoms with Gasteiger partial charge in [-0.2, -0.15) is 0 Å². The number of nitrogens with zero attached hydrogens (tertiary/aromatic N) is 2. The van der Waals surface area contributed by atoms with E-state index in [4.69, 9.17) is 4.74 Å². The zero-order valence-corrected chi connectivity index (χ0v) is 23.6. The van der Waals surface area contributed by atoms with Gasteiger partial charge in [-0.1, -0.05) is 48.0 Å². The number of aryl methyl sites for hydroxylation is 2. The first kappa shape index (κ1) is 25.6. The van der Waals surface area contributed by atoms with Crippen molar-refractivity contribution in [1.29, 1.82) is 0 Å². The molecule has 1 saturated heterocycles. The number of carbonyl (C=O) groups is 1. The lowest BCUT2D eigenvalue weighted by molar-refractivity contribution is -0.149. The summed E-state index contributed by atoms with van der Waals surface area (Å²) in [6, 6.07) is 17.0. The average Bonchev–Trinajstić information content (AvgIpc) is 3.47. The van der Waals surface area contributed by atoms with E-state index in [-0.39, 0.29) is 17.9 Å². The fraction of sp³-hybridized carbons (Fsp3) is 0.433. The minimum atomic E-state index is -3.75. The van der Waals surface area contributed by atoms with Crippen LogP contribution in [0, 0.1) is 12.8 Å². The highest BCUT2D eigenvalue weighted by Crippen LogP contribution is 2.56. The van der Waals surface area contributed by atoms with Crippen molar-refractivity contribution in [2.75, 3.05) is 17.5 Å². The normalized spacial score (nSPS) is 23.0. The van der Waals surface area contributed by atoms with Gasteiger partial charge in [0, 0.05) is 29.6 Å². The summed E-state index contributed by atoms with van der Waals surface area (Å²) in [5.74, 6) is -0.210. The molecule has 1 fully saturated rings. The van der Waals surface area contributed by atoms with Gasteiger partial charge in [0.2, 0.25) is 0 Å². The minimum Gasteiger partial charge on any atom is -0.465 e. The summed E-state index contributed by atoms with van der Waals surface area (Å²) in [7, 11) is -3.75. The molecule has 1 aromatic heterocycles. The molecule has 6 nitrogen and oxygen atoms in total. The summed E-state index contributed by atoms with van der Waals surface area (Å²) < 4.78 is 35.4. The monoisotopic (exact) mass is 550 g/mol. The van der Waals surface area contributed by atoms with Crippen LogP contribution in [-0.2, 0) is 38.9 Å². The third-order valence-corrected chi connectivity index (χ3v) is 11.4. The van der Waals surface area contributed by atoms with E-state index in [1.807, 2.05) is 44.2 Å². The van der Waals surface area contributed by atoms with E-state index in [9.17, 15) is 13.2 Å². The topological polar surface area (TPSA) is 66.9 Å². The van der Waals surface area contributed by atoms with Crippen molar-refractivity contribution in [2.45, 2.75) is 69.5 Å². The van der Waals surface area contributed by atoms with Gasteiger partial charge in [0.25, 0.3) is 10.0 Å². The molecule has 3 aliphatic rings. The van der Waals surface area contributed by atoms with Crippen LogP contribution in [0.1, 0.15) is 59.4 Å². The molecule has 0 radical (unpaired) electrons. The Morgan fingerprint density at radius 3 is 2.53 bits per heavy atom. The molecule has 3 atom stereocenters. The van der Waals surface area contributed by atoms with E-state index >= 15 is 0 Å². The molecule has 8 heteroatoms. The number of ether oxygens (including phenoxy) is 1. The summed E-state index contributed by atoms with van der Waals surface area (Å²) in [5, 5.41) is 0.848. The first-order valence-electron chi connectivity index (χ1n) is 13.6. The first-order valence-corrected chi connectivity index (χ1v) is 15.8. The molecule has 3 heterocycles. The van der Waals surface area contributed by atoms with Crippen LogP contribution in [0.25, 0.3) is 0 Å². The Morgan fingerprint density at radius 2 is 1.79 bits per heavy atom. The van der Waals surface area contributed by atoms with Gasteiger partial charge in [0.15, 0.2) is 0 Å². The van der Waals surface area contributed by atoms with Gasteiger partial charge in [0.1, 0.15) is 11.0 Å². The molecule has 0 unspecified atom stereocenters. The number of likely N-dealkylation sites (tertiary alicyclic amines) is 1. The molecule has 0 spiro atoms. The maximum Gasteiger partial charge on any atom is 0.323 e. The second-order valence-electron chi connectivity index (χ2n) is 10.6. The lowest BCUT2D eigenvalue weighted by Crippen LogP contribution is -2.43. The van der Waals surface area contributed by atoms with Crippen LogP contribution in [0.4, 0.5) is 5.00 Å². The highest BCUT2D eigenvalue weighted by Gasteiger charge is 2.53. The van der Waals surface area contributed by atoms with Gasteiger partial charge < -0.3 is 4.74 Å². The van der Waals surface area contributed by atoms with Gasteiger partial charge in [0.05, 0.1) is 11.5 Å². The largest absolute Gasteiger partial charge is 0.465 e. The molecular weight excluding hydrogens is 516 g/mol. The SMILES string of the molecule is CCOC(=O)[C@@H]1C[C@H]2CN(S(=O)(=O)c3ccc(C)cc3)c3sc4c(c3[C@H]2N1Cc1ccccc1)CCCC4. The minimum absolute atomic E-state index is 0.00136. The molecule has 0 amide bonds. The lowest BCUT2D eigenvalue weighted by Gasteiger charge is -2.39.